The summed E-state index contributed by atoms with van der Waals surface area (Å²) in [7, 11) is 0. The van der Waals surface area contributed by atoms with Gasteiger partial charge in [0, 0.05) is 42.5 Å². The second-order valence-corrected chi connectivity index (χ2v) is 6.80. The van der Waals surface area contributed by atoms with Crippen molar-refractivity contribution in [3.05, 3.63) is 64.7 Å². The maximum absolute atomic E-state index is 12.8. The molecule has 2 aromatic carbocycles. The first kappa shape index (κ1) is 22.0. The summed E-state index contributed by atoms with van der Waals surface area (Å²) in [4.78, 5) is 27.2. The van der Waals surface area contributed by atoms with Gasteiger partial charge in [-0.1, -0.05) is 41.9 Å². The number of ketones is 1. The molecule has 0 spiro atoms. The zero-order valence-corrected chi connectivity index (χ0v) is 16.4. The van der Waals surface area contributed by atoms with Gasteiger partial charge in [-0.3, -0.25) is 14.5 Å². The Bertz CT molecular complexity index is 775. The maximum atomic E-state index is 12.8. The number of hydrogen-bond acceptors (Lipinski definition) is 5. The molecule has 0 aliphatic heterocycles. The number of carbonyl (C=O) groups is 2. The van der Waals surface area contributed by atoms with Crippen LogP contribution in [0.15, 0.2) is 48.5 Å². The third kappa shape index (κ3) is 6.73. The number of amides is 1. The minimum absolute atomic E-state index is 0.0319. The number of anilines is 1. The van der Waals surface area contributed by atoms with Gasteiger partial charge in [0.1, 0.15) is 0 Å². The standard InChI is InChI=1S/C21H25ClN2O4/c22-17-8-9-19(18(14-17)21(28)16-6-2-1-3-7-16)23-20(27)15-24(10-4-12-25)11-5-13-26/h1-3,6-9,14,25-26H,4-5,10-13,15H2,(H,23,27). The molecule has 0 bridgehead atoms. The summed E-state index contributed by atoms with van der Waals surface area (Å²) < 4.78 is 0. The second-order valence-electron chi connectivity index (χ2n) is 6.36. The fraction of sp³-hybridized carbons (Fsp3) is 0.333. The first-order valence-corrected chi connectivity index (χ1v) is 9.56. The van der Waals surface area contributed by atoms with Gasteiger partial charge in [0.15, 0.2) is 5.78 Å². The van der Waals surface area contributed by atoms with Crippen molar-refractivity contribution < 1.29 is 19.8 Å². The monoisotopic (exact) mass is 404 g/mol. The summed E-state index contributed by atoms with van der Waals surface area (Å²) >= 11 is 6.06. The number of halogens is 1. The number of aliphatic hydroxyl groups excluding tert-OH is 2. The van der Waals surface area contributed by atoms with E-state index in [1.54, 1.807) is 42.5 Å². The van der Waals surface area contributed by atoms with Crippen molar-refractivity contribution in [2.75, 3.05) is 38.2 Å². The molecule has 0 atom stereocenters. The second kappa shape index (κ2) is 11.6. The van der Waals surface area contributed by atoms with Gasteiger partial charge in [0.2, 0.25) is 5.91 Å². The lowest BCUT2D eigenvalue weighted by atomic mass is 10.0. The van der Waals surface area contributed by atoms with Crippen LogP contribution in [0, 0.1) is 0 Å². The molecule has 28 heavy (non-hydrogen) atoms. The highest BCUT2D eigenvalue weighted by molar-refractivity contribution is 6.31. The Labute approximate surface area is 169 Å². The lowest BCUT2D eigenvalue weighted by molar-refractivity contribution is -0.117. The highest BCUT2D eigenvalue weighted by Gasteiger charge is 2.17. The quantitative estimate of drug-likeness (QED) is 0.501. The topological polar surface area (TPSA) is 89.9 Å². The minimum atomic E-state index is -0.277. The van der Waals surface area contributed by atoms with Crippen LogP contribution in [-0.4, -0.2) is 59.7 Å². The zero-order valence-electron chi connectivity index (χ0n) is 15.6. The molecule has 0 radical (unpaired) electrons. The molecule has 2 aromatic rings. The number of nitrogens with zero attached hydrogens (tertiary/aromatic N) is 1. The third-order valence-corrected chi connectivity index (χ3v) is 4.40. The van der Waals surface area contributed by atoms with E-state index < -0.39 is 0 Å². The normalized spacial score (nSPS) is 10.9. The molecule has 2 rings (SSSR count). The van der Waals surface area contributed by atoms with Crippen LogP contribution in [0.4, 0.5) is 5.69 Å². The van der Waals surface area contributed by atoms with E-state index in [0.717, 1.165) is 0 Å². The van der Waals surface area contributed by atoms with E-state index in [0.29, 0.717) is 47.8 Å². The van der Waals surface area contributed by atoms with Crippen LogP contribution in [0.25, 0.3) is 0 Å². The Morgan fingerprint density at radius 2 is 1.61 bits per heavy atom. The minimum Gasteiger partial charge on any atom is -0.396 e. The molecule has 6 nitrogen and oxygen atoms in total. The van der Waals surface area contributed by atoms with Gasteiger partial charge in [-0.25, -0.2) is 0 Å². The molecule has 0 aromatic heterocycles. The molecule has 150 valence electrons. The van der Waals surface area contributed by atoms with Crippen molar-refractivity contribution in [2.45, 2.75) is 12.8 Å². The van der Waals surface area contributed by atoms with Crippen molar-refractivity contribution in [1.82, 2.24) is 4.90 Å². The summed E-state index contributed by atoms with van der Waals surface area (Å²) in [6, 6.07) is 13.6. The molecule has 0 saturated carbocycles. The Kier molecular flexibility index (Phi) is 9.10. The molecule has 1 amide bonds. The summed E-state index contributed by atoms with van der Waals surface area (Å²) in [5, 5.41) is 21.2. The smallest absolute Gasteiger partial charge is 0.238 e. The number of aliphatic hydroxyl groups is 2. The SMILES string of the molecule is O=C(CN(CCCO)CCCO)Nc1ccc(Cl)cc1C(=O)c1ccccc1. The largest absolute Gasteiger partial charge is 0.396 e. The zero-order chi connectivity index (χ0) is 20.4. The van der Waals surface area contributed by atoms with Gasteiger partial charge in [0.25, 0.3) is 0 Å². The van der Waals surface area contributed by atoms with Crippen molar-refractivity contribution in [3.8, 4) is 0 Å². The van der Waals surface area contributed by atoms with Gasteiger partial charge in [0.05, 0.1) is 12.2 Å². The van der Waals surface area contributed by atoms with E-state index in [2.05, 4.69) is 5.32 Å². The number of rotatable bonds is 11. The van der Waals surface area contributed by atoms with Gasteiger partial charge >= 0.3 is 0 Å². The van der Waals surface area contributed by atoms with Gasteiger partial charge in [-0.15, -0.1) is 0 Å². The molecular formula is C21H25ClN2O4. The first-order valence-electron chi connectivity index (χ1n) is 9.18. The van der Waals surface area contributed by atoms with Crippen LogP contribution < -0.4 is 5.32 Å². The number of carbonyl (C=O) groups excluding carboxylic acids is 2. The van der Waals surface area contributed by atoms with Crippen molar-refractivity contribution in [3.63, 3.8) is 0 Å². The van der Waals surface area contributed by atoms with E-state index in [9.17, 15) is 9.59 Å². The van der Waals surface area contributed by atoms with Crippen molar-refractivity contribution >= 4 is 29.0 Å². The van der Waals surface area contributed by atoms with Crippen LogP contribution in [0.1, 0.15) is 28.8 Å². The lowest BCUT2D eigenvalue weighted by Gasteiger charge is -2.21. The summed E-state index contributed by atoms with van der Waals surface area (Å²) in [5.74, 6) is -0.504. The molecule has 7 heteroatoms. The highest BCUT2D eigenvalue weighted by atomic mass is 35.5. The van der Waals surface area contributed by atoms with E-state index in [1.807, 2.05) is 11.0 Å². The maximum Gasteiger partial charge on any atom is 0.238 e. The van der Waals surface area contributed by atoms with Gasteiger partial charge in [-0.05, 0) is 31.0 Å². The van der Waals surface area contributed by atoms with Crippen molar-refractivity contribution in [1.29, 1.82) is 0 Å². The number of hydrogen-bond donors (Lipinski definition) is 3. The molecule has 0 heterocycles. The van der Waals surface area contributed by atoms with E-state index in [-0.39, 0.29) is 31.4 Å². The Balaban J connectivity index is 2.14. The molecular weight excluding hydrogens is 380 g/mol. The van der Waals surface area contributed by atoms with E-state index in [4.69, 9.17) is 21.8 Å². The van der Waals surface area contributed by atoms with Crippen LogP contribution in [0.2, 0.25) is 5.02 Å². The molecule has 0 fully saturated rings. The summed E-state index contributed by atoms with van der Waals surface area (Å²) in [6.07, 6.45) is 1.08. The average Bonchev–Trinajstić information content (AvgIpc) is 2.71. The van der Waals surface area contributed by atoms with Gasteiger partial charge < -0.3 is 15.5 Å². The molecule has 0 saturated heterocycles. The molecule has 0 aliphatic carbocycles. The Hall–Kier alpha value is -2.25. The van der Waals surface area contributed by atoms with E-state index >= 15 is 0 Å². The summed E-state index contributed by atoms with van der Waals surface area (Å²) in [6.45, 7) is 1.25. The highest BCUT2D eigenvalue weighted by Crippen LogP contribution is 2.23. The molecule has 0 aliphatic rings. The lowest BCUT2D eigenvalue weighted by Crippen LogP contribution is -2.35. The van der Waals surface area contributed by atoms with Gasteiger partial charge in [-0.2, -0.15) is 0 Å². The van der Waals surface area contributed by atoms with Crippen LogP contribution in [0.3, 0.4) is 0 Å². The summed E-state index contributed by atoms with van der Waals surface area (Å²) in [5.41, 5.74) is 1.23. The fourth-order valence-electron chi connectivity index (χ4n) is 2.81. The Morgan fingerprint density at radius 1 is 0.964 bits per heavy atom. The molecule has 0 unspecified atom stereocenters. The predicted molar refractivity (Wildman–Crippen MR) is 110 cm³/mol. The average molecular weight is 405 g/mol. The number of nitrogens with one attached hydrogen (secondary N) is 1. The third-order valence-electron chi connectivity index (χ3n) is 4.17. The Morgan fingerprint density at radius 3 is 2.21 bits per heavy atom. The van der Waals surface area contributed by atoms with Crippen LogP contribution in [0.5, 0.6) is 0 Å². The molecule has 3 N–H and O–H groups in total. The number of benzene rings is 2. The van der Waals surface area contributed by atoms with Crippen LogP contribution in [-0.2, 0) is 4.79 Å². The first-order chi connectivity index (χ1) is 13.5. The predicted octanol–water partition coefficient (Wildman–Crippen LogP) is 2.58. The van der Waals surface area contributed by atoms with Crippen molar-refractivity contribution in [2.24, 2.45) is 0 Å². The van der Waals surface area contributed by atoms with E-state index in [1.165, 1.54) is 0 Å². The van der Waals surface area contributed by atoms with Crippen LogP contribution >= 0.6 is 11.6 Å². The fourth-order valence-corrected chi connectivity index (χ4v) is 2.98.